The highest BCUT2D eigenvalue weighted by Crippen LogP contribution is 2.47. The molecule has 134 valence electrons. The predicted molar refractivity (Wildman–Crippen MR) is 102 cm³/mol. The summed E-state index contributed by atoms with van der Waals surface area (Å²) in [6.07, 6.45) is 12.9. The summed E-state index contributed by atoms with van der Waals surface area (Å²) in [6, 6.07) is 9.32. The number of piperidine rings is 1. The van der Waals surface area contributed by atoms with E-state index in [1.54, 1.807) is 7.05 Å². The van der Waals surface area contributed by atoms with Crippen molar-refractivity contribution in [2.45, 2.75) is 62.8 Å². The zero-order chi connectivity index (χ0) is 17.3. The largest absolute Gasteiger partial charge is 0.355 e. The standard InChI is InChI=1S/C22H30N2O/c1-23-21(25)19-16-22(20-11-7-6-10-18(19)20)12-14-24(15-13-22)17-8-4-2-3-5-9-17/h6-7,10-11,16-17H,2-5,8-9,12-15H2,1H3,(H,23,25). The molecule has 1 N–H and O–H groups in total. The van der Waals surface area contributed by atoms with Crippen molar-refractivity contribution in [3.8, 4) is 0 Å². The quantitative estimate of drug-likeness (QED) is 0.830. The molecule has 2 fully saturated rings. The van der Waals surface area contributed by atoms with Gasteiger partial charge < -0.3 is 10.2 Å². The fraction of sp³-hybridized carbons (Fsp3) is 0.591. The Labute approximate surface area is 151 Å². The summed E-state index contributed by atoms with van der Waals surface area (Å²) in [7, 11) is 1.73. The minimum Gasteiger partial charge on any atom is -0.355 e. The van der Waals surface area contributed by atoms with E-state index in [4.69, 9.17) is 0 Å². The van der Waals surface area contributed by atoms with Crippen LogP contribution in [0.4, 0.5) is 0 Å². The Kier molecular flexibility index (Phi) is 4.68. The van der Waals surface area contributed by atoms with Crippen LogP contribution >= 0.6 is 0 Å². The van der Waals surface area contributed by atoms with Gasteiger partial charge in [-0.3, -0.25) is 4.79 Å². The molecule has 0 unspecified atom stereocenters. The molecule has 0 atom stereocenters. The topological polar surface area (TPSA) is 32.3 Å². The zero-order valence-electron chi connectivity index (χ0n) is 15.4. The number of benzene rings is 1. The number of hydrogen-bond acceptors (Lipinski definition) is 2. The smallest absolute Gasteiger partial charge is 0.251 e. The molecule has 0 aromatic heterocycles. The number of likely N-dealkylation sites (tertiary alicyclic amines) is 1. The second-order valence-electron chi connectivity index (χ2n) is 8.02. The molecule has 3 nitrogen and oxygen atoms in total. The molecule has 2 aliphatic carbocycles. The molecule has 1 saturated carbocycles. The first-order valence-electron chi connectivity index (χ1n) is 10.0. The number of allylic oxidation sites excluding steroid dienone is 1. The first-order valence-corrected chi connectivity index (χ1v) is 10.0. The maximum Gasteiger partial charge on any atom is 0.251 e. The molecule has 1 aliphatic heterocycles. The van der Waals surface area contributed by atoms with Crippen molar-refractivity contribution >= 4 is 11.5 Å². The number of hydrogen-bond donors (Lipinski definition) is 1. The van der Waals surface area contributed by atoms with Crippen LogP contribution in [0.5, 0.6) is 0 Å². The Morgan fingerprint density at radius 3 is 2.44 bits per heavy atom. The predicted octanol–water partition coefficient (Wildman–Crippen LogP) is 3.89. The van der Waals surface area contributed by atoms with E-state index in [1.807, 2.05) is 0 Å². The highest BCUT2D eigenvalue weighted by atomic mass is 16.1. The lowest BCUT2D eigenvalue weighted by Gasteiger charge is -2.42. The van der Waals surface area contributed by atoms with Gasteiger partial charge >= 0.3 is 0 Å². The van der Waals surface area contributed by atoms with Crippen molar-refractivity contribution in [2.75, 3.05) is 20.1 Å². The van der Waals surface area contributed by atoms with Crippen LogP contribution in [0.25, 0.3) is 5.57 Å². The van der Waals surface area contributed by atoms with Crippen LogP contribution in [0.2, 0.25) is 0 Å². The molecule has 4 rings (SSSR count). The summed E-state index contributed by atoms with van der Waals surface area (Å²) >= 11 is 0. The lowest BCUT2D eigenvalue weighted by molar-refractivity contribution is -0.115. The van der Waals surface area contributed by atoms with E-state index in [-0.39, 0.29) is 11.3 Å². The fourth-order valence-corrected chi connectivity index (χ4v) is 5.23. The summed E-state index contributed by atoms with van der Waals surface area (Å²) in [5.74, 6) is 0.0514. The minimum absolute atomic E-state index is 0.0514. The molecule has 0 bridgehead atoms. The Balaban J connectivity index is 1.55. The van der Waals surface area contributed by atoms with Gasteiger partial charge in [-0.1, -0.05) is 56.0 Å². The van der Waals surface area contributed by atoms with Gasteiger partial charge in [0.15, 0.2) is 0 Å². The second kappa shape index (κ2) is 6.95. The fourth-order valence-electron chi connectivity index (χ4n) is 5.23. The van der Waals surface area contributed by atoms with Gasteiger partial charge in [0, 0.05) is 24.1 Å². The number of fused-ring (bicyclic) bond motifs is 2. The van der Waals surface area contributed by atoms with E-state index in [1.165, 1.54) is 44.1 Å². The van der Waals surface area contributed by atoms with Crippen LogP contribution < -0.4 is 5.32 Å². The number of nitrogens with one attached hydrogen (secondary N) is 1. The van der Waals surface area contributed by atoms with E-state index in [0.717, 1.165) is 43.1 Å². The molecule has 1 amide bonds. The van der Waals surface area contributed by atoms with Crippen molar-refractivity contribution in [3.05, 3.63) is 41.5 Å². The number of carbonyl (C=O) groups is 1. The molecule has 1 saturated heterocycles. The lowest BCUT2D eigenvalue weighted by atomic mass is 9.74. The third-order valence-electron chi connectivity index (χ3n) is 6.68. The van der Waals surface area contributed by atoms with Gasteiger partial charge in [0.25, 0.3) is 5.91 Å². The van der Waals surface area contributed by atoms with Crippen LogP contribution in [0, 0.1) is 0 Å². The van der Waals surface area contributed by atoms with Crippen LogP contribution in [0.15, 0.2) is 30.3 Å². The molecule has 0 radical (unpaired) electrons. The van der Waals surface area contributed by atoms with E-state index < -0.39 is 0 Å². The van der Waals surface area contributed by atoms with Gasteiger partial charge in [-0.05, 0) is 49.9 Å². The van der Waals surface area contributed by atoms with Crippen molar-refractivity contribution in [1.82, 2.24) is 10.2 Å². The van der Waals surface area contributed by atoms with Gasteiger partial charge in [-0.25, -0.2) is 0 Å². The minimum atomic E-state index is 0.0514. The molecular formula is C22H30N2O. The van der Waals surface area contributed by atoms with Crippen LogP contribution in [0.3, 0.4) is 0 Å². The lowest BCUT2D eigenvalue weighted by Crippen LogP contribution is -2.45. The molecule has 1 spiro atoms. The number of nitrogens with zero attached hydrogens (tertiary/aromatic N) is 1. The van der Waals surface area contributed by atoms with Crippen LogP contribution in [-0.2, 0) is 10.2 Å². The Bertz CT molecular complexity index is 662. The third kappa shape index (κ3) is 3.03. The van der Waals surface area contributed by atoms with E-state index in [2.05, 4.69) is 40.6 Å². The van der Waals surface area contributed by atoms with Gasteiger partial charge in [0.05, 0.1) is 0 Å². The van der Waals surface area contributed by atoms with Gasteiger partial charge in [-0.2, -0.15) is 0 Å². The van der Waals surface area contributed by atoms with Gasteiger partial charge in [0.1, 0.15) is 0 Å². The summed E-state index contributed by atoms with van der Waals surface area (Å²) in [4.78, 5) is 15.1. The van der Waals surface area contributed by atoms with E-state index in [9.17, 15) is 4.79 Å². The van der Waals surface area contributed by atoms with E-state index in [0.29, 0.717) is 0 Å². The summed E-state index contributed by atoms with van der Waals surface area (Å²) in [5.41, 5.74) is 3.46. The SMILES string of the molecule is CNC(=O)C1=CC2(CCN(C3CCCCCC3)CC2)c2ccccc21. The highest BCUT2D eigenvalue weighted by molar-refractivity contribution is 6.21. The van der Waals surface area contributed by atoms with Gasteiger partial charge in [0.2, 0.25) is 0 Å². The third-order valence-corrected chi connectivity index (χ3v) is 6.68. The molecule has 3 heteroatoms. The molecule has 1 aromatic carbocycles. The monoisotopic (exact) mass is 338 g/mol. The molecule has 1 aromatic rings. The van der Waals surface area contributed by atoms with E-state index >= 15 is 0 Å². The van der Waals surface area contributed by atoms with Crippen LogP contribution in [-0.4, -0.2) is 37.0 Å². The van der Waals surface area contributed by atoms with Gasteiger partial charge in [-0.15, -0.1) is 0 Å². The Morgan fingerprint density at radius 2 is 1.76 bits per heavy atom. The molecule has 25 heavy (non-hydrogen) atoms. The average molecular weight is 338 g/mol. The second-order valence-corrected chi connectivity index (χ2v) is 8.02. The zero-order valence-corrected chi connectivity index (χ0v) is 15.4. The first kappa shape index (κ1) is 16.8. The number of amides is 1. The Hall–Kier alpha value is -1.61. The maximum absolute atomic E-state index is 12.4. The highest BCUT2D eigenvalue weighted by Gasteiger charge is 2.42. The van der Waals surface area contributed by atoms with Crippen molar-refractivity contribution in [1.29, 1.82) is 0 Å². The van der Waals surface area contributed by atoms with Crippen molar-refractivity contribution < 1.29 is 4.79 Å². The number of rotatable bonds is 2. The maximum atomic E-state index is 12.4. The summed E-state index contributed by atoms with van der Waals surface area (Å²) < 4.78 is 0. The average Bonchev–Trinajstić information content (AvgIpc) is 2.82. The van der Waals surface area contributed by atoms with Crippen molar-refractivity contribution in [2.24, 2.45) is 0 Å². The molecule has 1 heterocycles. The molecular weight excluding hydrogens is 308 g/mol. The number of carbonyl (C=O) groups excluding carboxylic acids is 1. The molecule has 3 aliphatic rings. The first-order chi connectivity index (χ1) is 12.2. The summed E-state index contributed by atoms with van der Waals surface area (Å²) in [5, 5.41) is 2.82. The summed E-state index contributed by atoms with van der Waals surface area (Å²) in [6.45, 7) is 2.33. The Morgan fingerprint density at radius 1 is 1.08 bits per heavy atom. The van der Waals surface area contributed by atoms with Crippen molar-refractivity contribution in [3.63, 3.8) is 0 Å². The van der Waals surface area contributed by atoms with Crippen LogP contribution in [0.1, 0.15) is 62.5 Å². The normalized spacial score (nSPS) is 23.8. The number of likely N-dealkylation sites (N-methyl/N-ethyl adjacent to an activating group) is 1.